The lowest BCUT2D eigenvalue weighted by Gasteiger charge is -2.04. The number of halogens is 2. The van der Waals surface area contributed by atoms with Crippen LogP contribution in [0.5, 0.6) is 0 Å². The van der Waals surface area contributed by atoms with Crippen molar-refractivity contribution in [3.63, 3.8) is 0 Å². The second kappa shape index (κ2) is 7.55. The van der Waals surface area contributed by atoms with E-state index in [1.165, 1.54) is 7.11 Å². The van der Waals surface area contributed by atoms with Gasteiger partial charge in [0.25, 0.3) is 0 Å². The van der Waals surface area contributed by atoms with Crippen molar-refractivity contribution in [2.75, 3.05) is 7.11 Å². The van der Waals surface area contributed by atoms with E-state index in [1.54, 1.807) is 18.2 Å². The van der Waals surface area contributed by atoms with Gasteiger partial charge in [0, 0.05) is 15.6 Å². The molecule has 0 radical (unpaired) electrons. The number of carbonyl (C=O) groups excluding carboxylic acids is 1. The van der Waals surface area contributed by atoms with Crippen LogP contribution in [0.4, 0.5) is 0 Å². The number of carbonyl (C=O) groups is 1. The first-order valence-electron chi connectivity index (χ1n) is 4.65. The smallest absolute Gasteiger partial charge is 0.310 e. The molecule has 1 aromatic carbocycles. The number of methoxy groups -OCH3 is 1. The first-order valence-corrected chi connectivity index (χ1v) is 5.40. The Bertz CT molecular complexity index is 304. The van der Waals surface area contributed by atoms with Gasteiger partial charge in [0.1, 0.15) is 0 Å². The van der Waals surface area contributed by atoms with Gasteiger partial charge in [-0.1, -0.05) is 43.1 Å². The Morgan fingerprint density at radius 1 is 1.27 bits per heavy atom. The second-order valence-corrected chi connectivity index (χ2v) is 3.27. The third-order valence-corrected chi connectivity index (χ3v) is 2.32. The molecule has 15 heavy (non-hydrogen) atoms. The average molecular weight is 249 g/mol. The highest BCUT2D eigenvalue weighted by Gasteiger charge is 2.10. The highest BCUT2D eigenvalue weighted by Crippen LogP contribution is 2.24. The van der Waals surface area contributed by atoms with Crippen molar-refractivity contribution in [2.24, 2.45) is 0 Å². The number of esters is 1. The molecule has 0 aromatic heterocycles. The first-order chi connectivity index (χ1) is 7.15. The van der Waals surface area contributed by atoms with Crippen LogP contribution >= 0.6 is 23.2 Å². The molecule has 2 nitrogen and oxygen atoms in total. The van der Waals surface area contributed by atoms with E-state index in [0.717, 1.165) is 0 Å². The standard InChI is InChI=1S/C9H8Cl2O2.C2H6/c1-13-9(12)5-6-7(10)3-2-4-8(6)11;1-2/h2-4H,5H2,1H3;1-2H3. The Morgan fingerprint density at radius 3 is 2.13 bits per heavy atom. The van der Waals surface area contributed by atoms with Crippen LogP contribution in [0.15, 0.2) is 18.2 Å². The monoisotopic (exact) mass is 248 g/mol. The predicted octanol–water partition coefficient (Wildman–Crippen LogP) is 3.74. The summed E-state index contributed by atoms with van der Waals surface area (Å²) in [5.74, 6) is -0.352. The van der Waals surface area contributed by atoms with E-state index in [4.69, 9.17) is 23.2 Å². The van der Waals surface area contributed by atoms with E-state index < -0.39 is 0 Å². The summed E-state index contributed by atoms with van der Waals surface area (Å²) >= 11 is 11.7. The molecule has 0 N–H and O–H groups in total. The third kappa shape index (κ3) is 4.54. The van der Waals surface area contributed by atoms with Gasteiger partial charge >= 0.3 is 5.97 Å². The molecule has 0 aliphatic carbocycles. The molecule has 0 atom stereocenters. The molecule has 1 aromatic rings. The minimum absolute atomic E-state index is 0.106. The molecule has 0 aliphatic heterocycles. The zero-order chi connectivity index (χ0) is 11.8. The van der Waals surface area contributed by atoms with Crippen LogP contribution in [0.1, 0.15) is 19.4 Å². The van der Waals surface area contributed by atoms with E-state index in [2.05, 4.69) is 4.74 Å². The zero-order valence-electron chi connectivity index (χ0n) is 9.01. The van der Waals surface area contributed by atoms with Crippen LogP contribution in [0, 0.1) is 0 Å². The molecule has 4 heteroatoms. The molecule has 0 spiro atoms. The van der Waals surface area contributed by atoms with Crippen molar-refractivity contribution in [1.82, 2.24) is 0 Å². The summed E-state index contributed by atoms with van der Waals surface area (Å²) in [4.78, 5) is 10.9. The number of hydrogen-bond donors (Lipinski definition) is 0. The van der Waals surface area contributed by atoms with Gasteiger partial charge in [-0.05, 0) is 12.1 Å². The fourth-order valence-electron chi connectivity index (χ4n) is 0.918. The van der Waals surface area contributed by atoms with Crippen molar-refractivity contribution in [1.29, 1.82) is 0 Å². The lowest BCUT2D eigenvalue weighted by atomic mass is 10.1. The van der Waals surface area contributed by atoms with E-state index in [-0.39, 0.29) is 12.4 Å². The van der Waals surface area contributed by atoms with E-state index in [9.17, 15) is 4.79 Å². The minimum atomic E-state index is -0.352. The largest absolute Gasteiger partial charge is 0.469 e. The average Bonchev–Trinajstić information content (AvgIpc) is 2.26. The molecule has 0 bridgehead atoms. The lowest BCUT2D eigenvalue weighted by Crippen LogP contribution is -2.05. The molecule has 0 saturated carbocycles. The highest BCUT2D eigenvalue weighted by atomic mass is 35.5. The summed E-state index contributed by atoms with van der Waals surface area (Å²) in [7, 11) is 1.33. The van der Waals surface area contributed by atoms with Gasteiger partial charge in [0.05, 0.1) is 13.5 Å². The van der Waals surface area contributed by atoms with Gasteiger partial charge in [-0.25, -0.2) is 0 Å². The number of ether oxygens (including phenoxy) is 1. The van der Waals surface area contributed by atoms with Crippen molar-refractivity contribution >= 4 is 29.2 Å². The van der Waals surface area contributed by atoms with Crippen LogP contribution in [0.3, 0.4) is 0 Å². The molecule has 0 fully saturated rings. The third-order valence-electron chi connectivity index (χ3n) is 1.61. The van der Waals surface area contributed by atoms with Crippen molar-refractivity contribution < 1.29 is 9.53 Å². The van der Waals surface area contributed by atoms with Crippen molar-refractivity contribution in [2.45, 2.75) is 20.3 Å². The molecule has 1 rings (SSSR count). The number of hydrogen-bond acceptors (Lipinski definition) is 2. The summed E-state index contributed by atoms with van der Waals surface area (Å²) in [5, 5.41) is 0.968. The minimum Gasteiger partial charge on any atom is -0.469 e. The second-order valence-electron chi connectivity index (χ2n) is 2.45. The molecule has 0 aliphatic rings. The zero-order valence-corrected chi connectivity index (χ0v) is 10.5. The SMILES string of the molecule is CC.COC(=O)Cc1c(Cl)cccc1Cl. The normalized spacial score (nSPS) is 8.87. The van der Waals surface area contributed by atoms with Gasteiger partial charge in [-0.15, -0.1) is 0 Å². The Morgan fingerprint density at radius 2 is 1.73 bits per heavy atom. The van der Waals surface area contributed by atoms with Crippen LogP contribution in [0.2, 0.25) is 10.0 Å². The molecule has 0 unspecified atom stereocenters. The Labute approximate surface area is 100 Å². The number of rotatable bonds is 2. The first kappa shape index (κ1) is 14.3. The Balaban J connectivity index is 0.000000921. The molecule has 0 saturated heterocycles. The molecular formula is C11H14Cl2O2. The van der Waals surface area contributed by atoms with Crippen LogP contribution in [-0.4, -0.2) is 13.1 Å². The van der Waals surface area contributed by atoms with E-state index in [0.29, 0.717) is 15.6 Å². The Hall–Kier alpha value is -0.730. The number of benzene rings is 1. The summed E-state index contributed by atoms with van der Waals surface area (Å²) in [6.45, 7) is 4.00. The maximum absolute atomic E-state index is 10.9. The van der Waals surface area contributed by atoms with E-state index >= 15 is 0 Å². The lowest BCUT2D eigenvalue weighted by molar-refractivity contribution is -0.139. The summed E-state index contributed by atoms with van der Waals surface area (Å²) < 4.78 is 4.51. The maximum Gasteiger partial charge on any atom is 0.310 e. The van der Waals surface area contributed by atoms with Crippen molar-refractivity contribution in [3.8, 4) is 0 Å². The van der Waals surface area contributed by atoms with Crippen molar-refractivity contribution in [3.05, 3.63) is 33.8 Å². The van der Waals surface area contributed by atoms with Gasteiger partial charge < -0.3 is 4.74 Å². The van der Waals surface area contributed by atoms with Gasteiger partial charge in [-0.3, -0.25) is 4.79 Å². The Kier molecular flexibility index (Phi) is 7.18. The summed E-state index contributed by atoms with van der Waals surface area (Å²) in [6, 6.07) is 5.10. The van der Waals surface area contributed by atoms with Crippen LogP contribution < -0.4 is 0 Å². The maximum atomic E-state index is 10.9. The highest BCUT2D eigenvalue weighted by molar-refractivity contribution is 6.36. The summed E-state index contributed by atoms with van der Waals surface area (Å²) in [5.41, 5.74) is 0.609. The summed E-state index contributed by atoms with van der Waals surface area (Å²) in [6.07, 6.45) is 0.106. The van der Waals surface area contributed by atoms with Gasteiger partial charge in [0.2, 0.25) is 0 Å². The molecule has 0 amide bonds. The van der Waals surface area contributed by atoms with Gasteiger partial charge in [0.15, 0.2) is 0 Å². The molecule has 0 heterocycles. The van der Waals surface area contributed by atoms with E-state index in [1.807, 2.05) is 13.8 Å². The quantitative estimate of drug-likeness (QED) is 0.746. The fourth-order valence-corrected chi connectivity index (χ4v) is 1.45. The molecule has 84 valence electrons. The topological polar surface area (TPSA) is 26.3 Å². The van der Waals surface area contributed by atoms with Crippen LogP contribution in [0.25, 0.3) is 0 Å². The fraction of sp³-hybridized carbons (Fsp3) is 0.364. The molecular weight excluding hydrogens is 235 g/mol. The predicted molar refractivity (Wildman–Crippen MR) is 63.5 cm³/mol. The van der Waals surface area contributed by atoms with Crippen LogP contribution in [-0.2, 0) is 16.0 Å². The van der Waals surface area contributed by atoms with Gasteiger partial charge in [-0.2, -0.15) is 0 Å².